The number of benzene rings is 4. The Morgan fingerprint density at radius 2 is 1.36 bits per heavy atom. The molecule has 0 unspecified atom stereocenters. The van der Waals surface area contributed by atoms with Crippen LogP contribution in [-0.2, 0) is 41.5 Å². The Bertz CT molecular complexity index is 1770. The molecule has 45 heavy (non-hydrogen) atoms. The van der Waals surface area contributed by atoms with Gasteiger partial charge in [-0.25, -0.2) is 0 Å². The molecule has 0 spiro atoms. The molecule has 0 heterocycles. The van der Waals surface area contributed by atoms with Crippen LogP contribution in [0.25, 0.3) is 27.1 Å². The van der Waals surface area contributed by atoms with Crippen molar-refractivity contribution in [3.63, 3.8) is 0 Å². The van der Waals surface area contributed by atoms with Gasteiger partial charge in [0.1, 0.15) is 0 Å². The van der Waals surface area contributed by atoms with Gasteiger partial charge in [-0.05, 0) is 23.7 Å². The fourth-order valence-corrected chi connectivity index (χ4v) is 7.16. The summed E-state index contributed by atoms with van der Waals surface area (Å²) in [7, 11) is 0. The molecule has 0 N–H and O–H groups in total. The van der Waals surface area contributed by atoms with E-state index in [1.54, 1.807) is 5.56 Å². The van der Waals surface area contributed by atoms with E-state index in [0.717, 1.165) is 12.8 Å². The standard InChI is InChI=1S/C29H35.C13H10.2ClH.Zr/c1-8-11-20-17-24-23-15-14-22(28(2,3)4)16-21(23)18-25(24)26(19-12-9-10-13-19)27(20)29(5,6)7;1-3-7-12(8-4-1)11-13-9-5-2-6-10-13;;;/h9-10,12,14-18H,8,11,13H2,1-7H3;1-10H;2*1H;/q-1;;;;+2/p-2. The minimum atomic E-state index is 0. The molecule has 0 fully saturated rings. The van der Waals surface area contributed by atoms with Crippen LogP contribution in [0.2, 0.25) is 0 Å². The molecule has 6 rings (SSSR count). The molecule has 3 heteroatoms. The van der Waals surface area contributed by atoms with Crippen LogP contribution in [0, 0.1) is 0 Å². The Balaban J connectivity index is 0.000000292. The Hall–Kier alpha value is -2.44. The number of aryl methyl sites for hydroxylation is 1. The fraction of sp³-hybridized carbons (Fsp3) is 0.286. The van der Waals surface area contributed by atoms with Gasteiger partial charge in [-0.2, -0.15) is 0 Å². The van der Waals surface area contributed by atoms with Crippen LogP contribution in [0.15, 0.2) is 109 Å². The molecule has 0 saturated carbocycles. The quantitative estimate of drug-likeness (QED) is 0.214. The van der Waals surface area contributed by atoms with Gasteiger partial charge in [-0.3, -0.25) is 0 Å². The normalized spacial score (nSPS) is 12.7. The van der Waals surface area contributed by atoms with Crippen LogP contribution in [0.1, 0.15) is 94.7 Å². The topological polar surface area (TPSA) is 0 Å². The third-order valence-electron chi connectivity index (χ3n) is 8.44. The van der Waals surface area contributed by atoms with E-state index in [0.29, 0.717) is 0 Å². The zero-order valence-corrected chi connectivity index (χ0v) is 31.7. The summed E-state index contributed by atoms with van der Waals surface area (Å²) in [6.07, 6.45) is 10.2. The van der Waals surface area contributed by atoms with Gasteiger partial charge in [0.25, 0.3) is 0 Å². The van der Waals surface area contributed by atoms with Crippen molar-refractivity contribution in [1.29, 1.82) is 0 Å². The summed E-state index contributed by atoms with van der Waals surface area (Å²) in [5.74, 6) is 0. The molecule has 1 aliphatic rings. The molecule has 1 aliphatic carbocycles. The van der Waals surface area contributed by atoms with Crippen molar-refractivity contribution in [3.05, 3.63) is 143 Å². The van der Waals surface area contributed by atoms with Crippen molar-refractivity contribution in [3.8, 4) is 0 Å². The SMILES string of the molecule is CCCc1cc2c([cH-]c3cc(C(C)(C)C)ccc32)c(C2=CC=CC2)c1C(C)(C)C.[Cl-].[Cl-].[Zr+2]=[C](c1ccccc1)c1ccccc1. The summed E-state index contributed by atoms with van der Waals surface area (Å²) in [6, 6.07) is 33.2. The molecule has 0 nitrogen and oxygen atoms in total. The van der Waals surface area contributed by atoms with Crippen molar-refractivity contribution in [2.45, 2.75) is 78.6 Å². The van der Waals surface area contributed by atoms with Crippen molar-refractivity contribution in [2.75, 3.05) is 0 Å². The molecule has 0 amide bonds. The third-order valence-corrected chi connectivity index (χ3v) is 9.86. The van der Waals surface area contributed by atoms with Gasteiger partial charge >= 0.3 is 99.2 Å². The van der Waals surface area contributed by atoms with E-state index in [1.807, 2.05) is 0 Å². The molecule has 0 aromatic heterocycles. The molecule has 232 valence electrons. The number of fused-ring (bicyclic) bond motifs is 3. The molecule has 0 aliphatic heterocycles. The second kappa shape index (κ2) is 15.4. The molecular formula is C42H45Cl2Zr-. The Morgan fingerprint density at radius 1 is 0.756 bits per heavy atom. The number of hydrogen-bond donors (Lipinski definition) is 0. The van der Waals surface area contributed by atoms with Crippen LogP contribution in [-0.4, -0.2) is 3.21 Å². The second-order valence-corrected chi connectivity index (χ2v) is 15.1. The summed E-state index contributed by atoms with van der Waals surface area (Å²) in [4.78, 5) is 0. The monoisotopic (exact) mass is 709 g/mol. The first kappa shape index (κ1) is 37.0. The van der Waals surface area contributed by atoms with Crippen LogP contribution in [0.4, 0.5) is 0 Å². The van der Waals surface area contributed by atoms with Gasteiger partial charge in [0.2, 0.25) is 0 Å². The molecule has 5 aromatic carbocycles. The van der Waals surface area contributed by atoms with Gasteiger partial charge in [-0.15, -0.1) is 33.7 Å². The maximum atomic E-state index is 2.50. The first-order chi connectivity index (χ1) is 20.5. The van der Waals surface area contributed by atoms with Crippen molar-refractivity contribution >= 4 is 30.3 Å². The van der Waals surface area contributed by atoms with Gasteiger partial charge in [0, 0.05) is 0 Å². The van der Waals surface area contributed by atoms with E-state index in [-0.39, 0.29) is 35.6 Å². The maximum absolute atomic E-state index is 2.50. The van der Waals surface area contributed by atoms with E-state index in [4.69, 9.17) is 0 Å². The van der Waals surface area contributed by atoms with Crippen LogP contribution < -0.4 is 24.8 Å². The van der Waals surface area contributed by atoms with Crippen LogP contribution in [0.3, 0.4) is 0 Å². The van der Waals surface area contributed by atoms with E-state index in [1.165, 1.54) is 88.8 Å². The first-order valence-corrected chi connectivity index (χ1v) is 17.0. The molecular weight excluding hydrogens is 667 g/mol. The summed E-state index contributed by atoms with van der Waals surface area (Å²) in [5.41, 5.74) is 10.4. The minimum absolute atomic E-state index is 0. The van der Waals surface area contributed by atoms with Gasteiger partial charge < -0.3 is 24.8 Å². The van der Waals surface area contributed by atoms with Gasteiger partial charge in [0.05, 0.1) is 0 Å². The van der Waals surface area contributed by atoms with E-state index in [2.05, 4.69) is 158 Å². The molecule has 5 aromatic rings. The molecule has 0 atom stereocenters. The predicted octanol–water partition coefficient (Wildman–Crippen LogP) is 5.41. The molecule has 0 bridgehead atoms. The summed E-state index contributed by atoms with van der Waals surface area (Å²) < 4.78 is 1.42. The number of hydrogen-bond acceptors (Lipinski definition) is 0. The van der Waals surface area contributed by atoms with Crippen molar-refractivity contribution in [2.24, 2.45) is 0 Å². The zero-order chi connectivity index (χ0) is 30.8. The predicted molar refractivity (Wildman–Crippen MR) is 186 cm³/mol. The van der Waals surface area contributed by atoms with Crippen molar-refractivity contribution in [1.82, 2.24) is 0 Å². The summed E-state index contributed by atoms with van der Waals surface area (Å²) in [5, 5.41) is 5.65. The third kappa shape index (κ3) is 8.29. The fourth-order valence-electron chi connectivity index (χ4n) is 6.34. The average Bonchev–Trinajstić information content (AvgIpc) is 3.65. The number of allylic oxidation sites excluding steroid dienone is 4. The van der Waals surface area contributed by atoms with Crippen LogP contribution in [0.5, 0.6) is 0 Å². The van der Waals surface area contributed by atoms with Gasteiger partial charge in [-0.1, -0.05) is 119 Å². The number of rotatable bonds is 5. The van der Waals surface area contributed by atoms with Crippen molar-refractivity contribution < 1.29 is 49.0 Å². The van der Waals surface area contributed by atoms with Gasteiger partial charge in [0.15, 0.2) is 0 Å². The first-order valence-electron chi connectivity index (χ1n) is 15.7. The van der Waals surface area contributed by atoms with Crippen LogP contribution >= 0.6 is 0 Å². The Morgan fingerprint density at radius 3 is 1.84 bits per heavy atom. The Labute approximate surface area is 298 Å². The Kier molecular flexibility index (Phi) is 12.7. The molecule has 0 saturated heterocycles. The second-order valence-electron chi connectivity index (χ2n) is 13.9. The summed E-state index contributed by atoms with van der Waals surface area (Å²) in [6.45, 7) is 16.3. The van der Waals surface area contributed by atoms with E-state index >= 15 is 0 Å². The average molecular weight is 712 g/mol. The number of halogens is 2. The zero-order valence-electron chi connectivity index (χ0n) is 27.8. The van der Waals surface area contributed by atoms with E-state index in [9.17, 15) is 0 Å². The molecule has 0 radical (unpaired) electrons. The summed E-state index contributed by atoms with van der Waals surface area (Å²) >= 11 is 1.46. The van der Waals surface area contributed by atoms with E-state index < -0.39 is 0 Å².